The fourth-order valence-electron chi connectivity index (χ4n) is 1.66. The largest absolute Gasteiger partial charge is 0.389 e. The molecule has 0 N–H and O–H groups in total. The highest BCUT2D eigenvalue weighted by molar-refractivity contribution is 9.09. The van der Waals surface area contributed by atoms with Crippen LogP contribution in [0.4, 0.5) is 13.2 Å². The number of halogens is 4. The van der Waals surface area contributed by atoms with E-state index in [9.17, 15) is 13.2 Å². The van der Waals surface area contributed by atoms with Crippen LogP contribution in [-0.4, -0.2) is 24.7 Å². The molecule has 0 aliphatic carbocycles. The molecule has 0 aliphatic heterocycles. The van der Waals surface area contributed by atoms with E-state index >= 15 is 0 Å². The van der Waals surface area contributed by atoms with Crippen LogP contribution in [0.5, 0.6) is 0 Å². The van der Waals surface area contributed by atoms with Crippen LogP contribution in [0.1, 0.15) is 57.8 Å². The van der Waals surface area contributed by atoms with Crippen LogP contribution in [0.2, 0.25) is 0 Å². The molecular formula is C13H24BrF3O. The van der Waals surface area contributed by atoms with E-state index in [2.05, 4.69) is 15.9 Å². The van der Waals surface area contributed by atoms with Crippen LogP contribution < -0.4 is 0 Å². The van der Waals surface area contributed by atoms with Gasteiger partial charge >= 0.3 is 6.18 Å². The fraction of sp³-hybridized carbons (Fsp3) is 1.00. The van der Waals surface area contributed by atoms with Crippen molar-refractivity contribution in [1.82, 2.24) is 0 Å². The van der Waals surface area contributed by atoms with Gasteiger partial charge in [0.25, 0.3) is 0 Å². The summed E-state index contributed by atoms with van der Waals surface area (Å²) in [6.07, 6.45) is 3.63. The molecule has 0 unspecified atom stereocenters. The minimum absolute atomic E-state index is 0.0794. The van der Waals surface area contributed by atoms with Gasteiger partial charge in [0, 0.05) is 25.0 Å². The maximum absolute atomic E-state index is 11.8. The molecule has 0 saturated heterocycles. The lowest BCUT2D eigenvalue weighted by molar-refractivity contribution is -0.137. The smallest absolute Gasteiger partial charge is 0.381 e. The monoisotopic (exact) mass is 332 g/mol. The Morgan fingerprint density at radius 2 is 1.22 bits per heavy atom. The quantitative estimate of drug-likeness (QED) is 0.340. The van der Waals surface area contributed by atoms with Crippen LogP contribution in [0, 0.1) is 0 Å². The number of rotatable bonds is 12. The molecular weight excluding hydrogens is 309 g/mol. The lowest BCUT2D eigenvalue weighted by atomic mass is 10.1. The van der Waals surface area contributed by atoms with Crippen molar-refractivity contribution in [2.24, 2.45) is 0 Å². The Kier molecular flexibility index (Phi) is 12.4. The van der Waals surface area contributed by atoms with E-state index < -0.39 is 12.6 Å². The van der Waals surface area contributed by atoms with Crippen LogP contribution in [-0.2, 0) is 4.74 Å². The molecule has 0 fully saturated rings. The minimum atomic E-state index is -4.04. The van der Waals surface area contributed by atoms with Crippen LogP contribution in [0.15, 0.2) is 0 Å². The maximum atomic E-state index is 11.8. The topological polar surface area (TPSA) is 9.23 Å². The SMILES string of the molecule is FC(F)(F)CCCOCCCCCCCCCBr. The molecule has 1 nitrogen and oxygen atoms in total. The Morgan fingerprint density at radius 3 is 1.78 bits per heavy atom. The van der Waals surface area contributed by atoms with Crippen molar-refractivity contribution in [2.75, 3.05) is 18.5 Å². The van der Waals surface area contributed by atoms with E-state index in [-0.39, 0.29) is 13.0 Å². The van der Waals surface area contributed by atoms with Gasteiger partial charge in [-0.15, -0.1) is 0 Å². The highest BCUT2D eigenvalue weighted by Gasteiger charge is 2.25. The van der Waals surface area contributed by atoms with Crippen molar-refractivity contribution in [3.8, 4) is 0 Å². The summed E-state index contributed by atoms with van der Waals surface area (Å²) >= 11 is 3.40. The normalized spacial score (nSPS) is 12.0. The molecule has 18 heavy (non-hydrogen) atoms. The summed E-state index contributed by atoms with van der Waals surface area (Å²) in [6, 6.07) is 0. The summed E-state index contributed by atoms with van der Waals surface area (Å²) in [5.74, 6) is 0. The van der Waals surface area contributed by atoms with E-state index in [1.54, 1.807) is 0 Å². The Morgan fingerprint density at radius 1 is 0.722 bits per heavy atom. The van der Waals surface area contributed by atoms with Crippen molar-refractivity contribution in [2.45, 2.75) is 64.0 Å². The Balaban J connectivity index is 2.99. The lowest BCUT2D eigenvalue weighted by Gasteiger charge is -2.06. The van der Waals surface area contributed by atoms with Crippen LogP contribution in [0.25, 0.3) is 0 Å². The first-order valence-electron chi connectivity index (χ1n) is 6.77. The minimum Gasteiger partial charge on any atom is -0.381 e. The van der Waals surface area contributed by atoms with Crippen molar-refractivity contribution in [3.63, 3.8) is 0 Å². The maximum Gasteiger partial charge on any atom is 0.389 e. The molecule has 0 aliphatic rings. The molecule has 110 valence electrons. The standard InChI is InChI=1S/C13H24BrF3O/c14-10-6-4-2-1-3-5-7-11-18-12-8-9-13(15,16)17/h1-12H2. The van der Waals surface area contributed by atoms with E-state index in [1.807, 2.05) is 0 Å². The average Bonchev–Trinajstić information content (AvgIpc) is 2.29. The summed E-state index contributed by atoms with van der Waals surface area (Å²) < 4.78 is 40.6. The molecule has 5 heteroatoms. The number of unbranched alkanes of at least 4 members (excludes halogenated alkanes) is 6. The zero-order valence-electron chi connectivity index (χ0n) is 10.9. The Hall–Kier alpha value is 0.230. The molecule has 0 aromatic rings. The van der Waals surface area contributed by atoms with E-state index in [4.69, 9.17) is 4.74 Å². The highest BCUT2D eigenvalue weighted by Crippen LogP contribution is 2.21. The highest BCUT2D eigenvalue weighted by atomic mass is 79.9. The summed E-state index contributed by atoms with van der Waals surface area (Å²) in [5, 5.41) is 1.08. The van der Waals surface area contributed by atoms with Gasteiger partial charge in [0.2, 0.25) is 0 Å². The van der Waals surface area contributed by atoms with Crippen molar-refractivity contribution in [3.05, 3.63) is 0 Å². The Labute approximate surface area is 117 Å². The molecule has 0 saturated carbocycles. The van der Waals surface area contributed by atoms with Gasteiger partial charge in [-0.25, -0.2) is 0 Å². The molecule has 0 heterocycles. The number of ether oxygens (including phenoxy) is 1. The van der Waals surface area contributed by atoms with Gasteiger partial charge in [0.15, 0.2) is 0 Å². The third-order valence-electron chi connectivity index (χ3n) is 2.67. The summed E-state index contributed by atoms with van der Waals surface area (Å²) in [5.41, 5.74) is 0. The molecule has 0 aromatic heterocycles. The second kappa shape index (κ2) is 12.3. The van der Waals surface area contributed by atoms with E-state index in [0.717, 1.165) is 18.2 Å². The first-order chi connectivity index (χ1) is 8.56. The van der Waals surface area contributed by atoms with Gasteiger partial charge in [0.05, 0.1) is 0 Å². The predicted octanol–water partition coefficient (Wildman–Crippen LogP) is 5.47. The average molecular weight is 333 g/mol. The molecule has 0 rings (SSSR count). The van der Waals surface area contributed by atoms with Gasteiger partial charge in [-0.2, -0.15) is 13.2 Å². The van der Waals surface area contributed by atoms with Crippen molar-refractivity contribution < 1.29 is 17.9 Å². The summed E-state index contributed by atoms with van der Waals surface area (Å²) in [4.78, 5) is 0. The molecule has 0 aromatic carbocycles. The molecule has 0 amide bonds. The first-order valence-corrected chi connectivity index (χ1v) is 7.89. The van der Waals surface area contributed by atoms with Gasteiger partial charge in [-0.1, -0.05) is 48.0 Å². The predicted molar refractivity (Wildman–Crippen MR) is 72.2 cm³/mol. The molecule has 0 spiro atoms. The third-order valence-corrected chi connectivity index (χ3v) is 3.23. The fourth-order valence-corrected chi connectivity index (χ4v) is 2.06. The van der Waals surface area contributed by atoms with Crippen LogP contribution in [0.3, 0.4) is 0 Å². The second-order valence-corrected chi connectivity index (χ2v) is 5.29. The van der Waals surface area contributed by atoms with Gasteiger partial charge < -0.3 is 4.74 Å². The van der Waals surface area contributed by atoms with Gasteiger partial charge in [-0.3, -0.25) is 0 Å². The first kappa shape index (κ1) is 18.2. The molecule has 0 radical (unpaired) electrons. The van der Waals surface area contributed by atoms with Crippen LogP contribution >= 0.6 is 15.9 Å². The zero-order chi connectivity index (χ0) is 13.7. The van der Waals surface area contributed by atoms with Crippen molar-refractivity contribution >= 4 is 15.9 Å². The number of hydrogen-bond acceptors (Lipinski definition) is 1. The molecule has 0 atom stereocenters. The third kappa shape index (κ3) is 16.2. The molecule has 0 bridgehead atoms. The zero-order valence-corrected chi connectivity index (χ0v) is 12.5. The number of alkyl halides is 4. The van der Waals surface area contributed by atoms with Gasteiger partial charge in [-0.05, 0) is 19.3 Å². The van der Waals surface area contributed by atoms with Gasteiger partial charge in [0.1, 0.15) is 0 Å². The Bertz CT molecular complexity index is 174. The summed E-state index contributed by atoms with van der Waals surface area (Å²) in [7, 11) is 0. The number of hydrogen-bond donors (Lipinski definition) is 0. The second-order valence-electron chi connectivity index (χ2n) is 4.49. The van der Waals surface area contributed by atoms with Crippen molar-refractivity contribution in [1.29, 1.82) is 0 Å². The lowest BCUT2D eigenvalue weighted by Crippen LogP contribution is -2.09. The van der Waals surface area contributed by atoms with E-state index in [0.29, 0.717) is 6.61 Å². The van der Waals surface area contributed by atoms with E-state index in [1.165, 1.54) is 32.1 Å². The summed E-state index contributed by atoms with van der Waals surface area (Å²) in [6.45, 7) is 0.823.